The summed E-state index contributed by atoms with van der Waals surface area (Å²) in [6.45, 7) is 6.76. The van der Waals surface area contributed by atoms with Crippen LogP contribution in [0.4, 0.5) is 13.2 Å². The molecule has 0 fully saturated rings. The average Bonchev–Trinajstić information content (AvgIpc) is 2.45. The van der Waals surface area contributed by atoms with E-state index in [1.807, 2.05) is 13.8 Å². The number of benzene rings is 1. The molecular weight excluding hydrogens is 341 g/mol. The molecule has 0 spiro atoms. The van der Waals surface area contributed by atoms with Gasteiger partial charge >= 0.3 is 6.18 Å². The molecule has 24 heavy (non-hydrogen) atoms. The molecule has 7 heteroatoms. The highest BCUT2D eigenvalue weighted by atomic mass is 35.5. The van der Waals surface area contributed by atoms with Crippen LogP contribution in [-0.4, -0.2) is 30.9 Å². The van der Waals surface area contributed by atoms with E-state index in [2.05, 4.69) is 0 Å². The van der Waals surface area contributed by atoms with E-state index in [-0.39, 0.29) is 29.6 Å². The van der Waals surface area contributed by atoms with Crippen molar-refractivity contribution in [1.82, 2.24) is 4.90 Å². The van der Waals surface area contributed by atoms with Gasteiger partial charge in [0.25, 0.3) is 0 Å². The van der Waals surface area contributed by atoms with Crippen molar-refractivity contribution < 1.29 is 18.0 Å². The van der Waals surface area contributed by atoms with Crippen LogP contribution in [0.2, 0.25) is 0 Å². The standard InChI is InChI=1S/C17H25F3N2O.ClH/c1-12(15(23)22(4)11-16(2,3)10-21)9-13-5-7-14(8-6-13)17(18,19)20;/h5-8,12H,9-11,21H2,1-4H3;1H. The number of carbonyl (C=O) groups is 1. The fourth-order valence-corrected chi connectivity index (χ4v) is 2.43. The van der Waals surface area contributed by atoms with E-state index in [1.165, 1.54) is 12.1 Å². The third kappa shape index (κ3) is 6.69. The highest BCUT2D eigenvalue weighted by Crippen LogP contribution is 2.29. The predicted molar refractivity (Wildman–Crippen MR) is 92.0 cm³/mol. The Balaban J connectivity index is 0.00000529. The fourth-order valence-electron chi connectivity index (χ4n) is 2.43. The normalized spacial score (nSPS) is 13.2. The van der Waals surface area contributed by atoms with Gasteiger partial charge in [-0.3, -0.25) is 4.79 Å². The van der Waals surface area contributed by atoms with Crippen LogP contribution in [0, 0.1) is 11.3 Å². The number of carbonyl (C=O) groups excluding carboxylic acids is 1. The first-order valence-corrected chi connectivity index (χ1v) is 7.57. The monoisotopic (exact) mass is 366 g/mol. The van der Waals surface area contributed by atoms with Gasteiger partial charge in [0.05, 0.1) is 5.56 Å². The lowest BCUT2D eigenvalue weighted by Gasteiger charge is -2.30. The van der Waals surface area contributed by atoms with Crippen molar-refractivity contribution in [3.05, 3.63) is 35.4 Å². The molecule has 1 aromatic carbocycles. The second-order valence-corrected chi connectivity index (χ2v) is 6.86. The van der Waals surface area contributed by atoms with Crippen molar-refractivity contribution in [3.8, 4) is 0 Å². The Labute approximate surface area is 147 Å². The zero-order chi connectivity index (χ0) is 17.8. The molecule has 0 aliphatic rings. The van der Waals surface area contributed by atoms with Crippen LogP contribution in [0.15, 0.2) is 24.3 Å². The summed E-state index contributed by atoms with van der Waals surface area (Å²) in [5.74, 6) is -0.336. The topological polar surface area (TPSA) is 46.3 Å². The van der Waals surface area contributed by atoms with Crippen molar-refractivity contribution in [2.75, 3.05) is 20.1 Å². The van der Waals surface area contributed by atoms with Gasteiger partial charge in [0, 0.05) is 19.5 Å². The summed E-state index contributed by atoms with van der Waals surface area (Å²) in [7, 11) is 1.73. The lowest BCUT2D eigenvalue weighted by Crippen LogP contribution is -2.42. The van der Waals surface area contributed by atoms with Crippen molar-refractivity contribution in [1.29, 1.82) is 0 Å². The number of halogens is 4. The smallest absolute Gasteiger partial charge is 0.345 e. The Kier molecular flexibility index (Phi) is 8.26. The molecule has 0 aromatic heterocycles. The first kappa shape index (κ1) is 22.7. The molecule has 0 aliphatic heterocycles. The van der Waals surface area contributed by atoms with Crippen molar-refractivity contribution in [3.63, 3.8) is 0 Å². The molecule has 0 bridgehead atoms. The second-order valence-electron chi connectivity index (χ2n) is 6.86. The lowest BCUT2D eigenvalue weighted by atomic mass is 9.92. The van der Waals surface area contributed by atoms with Gasteiger partial charge in [0.1, 0.15) is 0 Å². The van der Waals surface area contributed by atoms with E-state index < -0.39 is 11.7 Å². The molecule has 1 rings (SSSR count). The summed E-state index contributed by atoms with van der Waals surface area (Å²) in [5, 5.41) is 0. The average molecular weight is 367 g/mol. The Bertz CT molecular complexity index is 530. The Morgan fingerprint density at radius 1 is 1.21 bits per heavy atom. The first-order valence-electron chi connectivity index (χ1n) is 7.57. The minimum atomic E-state index is -4.34. The van der Waals surface area contributed by atoms with Gasteiger partial charge in [-0.05, 0) is 36.1 Å². The lowest BCUT2D eigenvalue weighted by molar-refractivity contribution is -0.137. The van der Waals surface area contributed by atoms with Crippen LogP contribution in [-0.2, 0) is 17.4 Å². The molecule has 1 aromatic rings. The predicted octanol–water partition coefficient (Wildman–Crippen LogP) is 3.75. The summed E-state index contributed by atoms with van der Waals surface area (Å²) in [6, 6.07) is 4.95. The second kappa shape index (κ2) is 8.72. The van der Waals surface area contributed by atoms with Gasteiger partial charge in [0.2, 0.25) is 5.91 Å². The van der Waals surface area contributed by atoms with Crippen molar-refractivity contribution in [2.45, 2.75) is 33.4 Å². The zero-order valence-electron chi connectivity index (χ0n) is 14.5. The Hall–Kier alpha value is -1.27. The fraction of sp³-hybridized carbons (Fsp3) is 0.588. The van der Waals surface area contributed by atoms with Crippen molar-refractivity contribution in [2.24, 2.45) is 17.1 Å². The minimum Gasteiger partial charge on any atom is -0.345 e. The molecule has 2 N–H and O–H groups in total. The van der Waals surface area contributed by atoms with Gasteiger partial charge < -0.3 is 10.6 Å². The molecular formula is C17H26ClF3N2O. The quantitative estimate of drug-likeness (QED) is 0.833. The summed E-state index contributed by atoms with van der Waals surface area (Å²) < 4.78 is 37.6. The SMILES string of the molecule is CC(Cc1ccc(C(F)(F)F)cc1)C(=O)N(C)CC(C)(C)CN.Cl. The van der Waals surface area contributed by atoms with Crippen LogP contribution >= 0.6 is 12.4 Å². The minimum absolute atomic E-state index is 0. The zero-order valence-corrected chi connectivity index (χ0v) is 15.3. The van der Waals surface area contributed by atoms with Gasteiger partial charge in [-0.15, -0.1) is 12.4 Å². The van der Waals surface area contributed by atoms with Gasteiger partial charge in [0.15, 0.2) is 0 Å². The number of hydrogen-bond donors (Lipinski definition) is 1. The van der Waals surface area contributed by atoms with E-state index >= 15 is 0 Å². The highest BCUT2D eigenvalue weighted by Gasteiger charge is 2.30. The maximum Gasteiger partial charge on any atom is 0.416 e. The van der Waals surface area contributed by atoms with Crippen LogP contribution < -0.4 is 5.73 Å². The summed E-state index contributed by atoms with van der Waals surface area (Å²) >= 11 is 0. The van der Waals surface area contributed by atoms with Crippen molar-refractivity contribution >= 4 is 18.3 Å². The van der Waals surface area contributed by atoms with Gasteiger partial charge in [-0.25, -0.2) is 0 Å². The molecule has 3 nitrogen and oxygen atoms in total. The maximum atomic E-state index is 12.5. The van der Waals surface area contributed by atoms with E-state index in [4.69, 9.17) is 5.73 Å². The van der Waals surface area contributed by atoms with E-state index in [9.17, 15) is 18.0 Å². The molecule has 0 aliphatic carbocycles. The molecule has 0 radical (unpaired) electrons. The van der Waals surface area contributed by atoms with E-state index in [0.29, 0.717) is 25.1 Å². The van der Waals surface area contributed by atoms with E-state index in [1.54, 1.807) is 18.9 Å². The molecule has 0 saturated carbocycles. The Morgan fingerprint density at radius 2 is 1.71 bits per heavy atom. The molecule has 0 heterocycles. The number of amides is 1. The molecule has 0 saturated heterocycles. The molecule has 138 valence electrons. The van der Waals surface area contributed by atoms with E-state index in [0.717, 1.165) is 12.1 Å². The van der Waals surface area contributed by atoms with Gasteiger partial charge in [-0.2, -0.15) is 13.2 Å². The summed E-state index contributed by atoms with van der Waals surface area (Å²) in [5.41, 5.74) is 5.54. The number of rotatable bonds is 6. The van der Waals surface area contributed by atoms with Crippen LogP contribution in [0.3, 0.4) is 0 Å². The molecule has 1 atom stereocenters. The third-order valence-corrected chi connectivity index (χ3v) is 3.84. The summed E-state index contributed by atoms with van der Waals surface area (Å²) in [6.07, 6.45) is -3.93. The first-order chi connectivity index (χ1) is 10.5. The number of nitrogens with zero attached hydrogens (tertiary/aromatic N) is 1. The summed E-state index contributed by atoms with van der Waals surface area (Å²) in [4.78, 5) is 14.0. The number of alkyl halides is 3. The molecule has 1 amide bonds. The number of hydrogen-bond acceptors (Lipinski definition) is 2. The molecule has 1 unspecified atom stereocenters. The van der Waals surface area contributed by atoms with Crippen LogP contribution in [0.5, 0.6) is 0 Å². The van der Waals surface area contributed by atoms with Gasteiger partial charge in [-0.1, -0.05) is 32.9 Å². The number of nitrogens with two attached hydrogens (primary N) is 1. The van der Waals surface area contributed by atoms with Crippen LogP contribution in [0.1, 0.15) is 31.9 Å². The Morgan fingerprint density at radius 3 is 2.12 bits per heavy atom. The maximum absolute atomic E-state index is 12.5. The largest absolute Gasteiger partial charge is 0.416 e. The third-order valence-electron chi connectivity index (χ3n) is 3.84. The highest BCUT2D eigenvalue weighted by molar-refractivity contribution is 5.85. The van der Waals surface area contributed by atoms with Crippen LogP contribution in [0.25, 0.3) is 0 Å².